The molecule has 2 fully saturated rings. The molecule has 2 rings (SSSR count). The highest BCUT2D eigenvalue weighted by Gasteiger charge is 2.70. The van der Waals surface area contributed by atoms with Crippen LogP contribution in [0.4, 0.5) is 0 Å². The highest BCUT2D eigenvalue weighted by molar-refractivity contribution is 6.13. The largest absolute Gasteiger partial charge is 0.466 e. The van der Waals surface area contributed by atoms with Crippen molar-refractivity contribution in [1.82, 2.24) is 4.90 Å². The molecule has 0 N–H and O–H groups in total. The second-order valence-electron chi connectivity index (χ2n) is 3.56. The molecule has 1 heterocycles. The minimum absolute atomic E-state index is 0.252. The predicted octanol–water partition coefficient (Wildman–Crippen LogP) is -0.590. The molecule has 0 radical (unpaired) electrons. The van der Waals surface area contributed by atoms with Gasteiger partial charge in [0.05, 0.1) is 24.4 Å². The van der Waals surface area contributed by atoms with Crippen molar-refractivity contribution in [2.45, 2.75) is 6.92 Å². The van der Waals surface area contributed by atoms with Crippen LogP contribution in [0.25, 0.3) is 0 Å². The van der Waals surface area contributed by atoms with Crippen LogP contribution in [0.1, 0.15) is 6.92 Å². The lowest BCUT2D eigenvalue weighted by Gasteiger charge is -2.11. The Balaban J connectivity index is 2.08. The van der Waals surface area contributed by atoms with Crippen LogP contribution in [0.2, 0.25) is 0 Å². The lowest BCUT2D eigenvalue weighted by molar-refractivity contribution is -0.151. The summed E-state index contributed by atoms with van der Waals surface area (Å²) in [6.07, 6.45) is 0. The first-order valence-corrected chi connectivity index (χ1v) is 4.57. The Bertz CT molecular complexity index is 303. The molecule has 0 spiro atoms. The van der Waals surface area contributed by atoms with Crippen LogP contribution in [0, 0.1) is 17.8 Å². The molecule has 2 amide bonds. The Hall–Kier alpha value is -1.39. The Kier molecular flexibility index (Phi) is 1.83. The van der Waals surface area contributed by atoms with Gasteiger partial charge in [-0.2, -0.15) is 0 Å². The first kappa shape index (κ1) is 9.18. The van der Waals surface area contributed by atoms with Gasteiger partial charge in [0, 0.05) is 7.05 Å². The number of carbonyl (C=O) groups is 3. The van der Waals surface area contributed by atoms with Gasteiger partial charge in [-0.25, -0.2) is 0 Å². The SMILES string of the molecule is CCOC(=O)C1C2C(=O)N(C)C(=O)C12. The first-order chi connectivity index (χ1) is 6.59. The number of fused-ring (bicyclic) bond motifs is 1. The Morgan fingerprint density at radius 1 is 1.36 bits per heavy atom. The van der Waals surface area contributed by atoms with E-state index in [2.05, 4.69) is 0 Å². The average Bonchev–Trinajstić information content (AvgIpc) is 2.84. The second kappa shape index (κ2) is 2.80. The molecule has 76 valence electrons. The summed E-state index contributed by atoms with van der Waals surface area (Å²) in [6.45, 7) is 1.98. The number of esters is 1. The standard InChI is InChI=1S/C9H11NO4/c1-3-14-9(13)6-4-5(6)8(12)10(2)7(4)11/h4-6H,3H2,1-2H3. The Morgan fingerprint density at radius 3 is 2.29 bits per heavy atom. The monoisotopic (exact) mass is 197 g/mol. The van der Waals surface area contributed by atoms with E-state index in [4.69, 9.17) is 4.74 Å². The maximum absolute atomic E-state index is 11.4. The number of likely N-dealkylation sites (tertiary alicyclic amines) is 1. The van der Waals surface area contributed by atoms with Crippen molar-refractivity contribution in [1.29, 1.82) is 0 Å². The minimum Gasteiger partial charge on any atom is -0.466 e. The number of carbonyl (C=O) groups excluding carboxylic acids is 3. The number of nitrogens with zero attached hydrogens (tertiary/aromatic N) is 1. The lowest BCUT2D eigenvalue weighted by Crippen LogP contribution is -2.32. The van der Waals surface area contributed by atoms with Crippen molar-refractivity contribution in [3.05, 3.63) is 0 Å². The maximum atomic E-state index is 11.4. The Labute approximate surface area is 81.0 Å². The molecular formula is C9H11NO4. The van der Waals surface area contributed by atoms with E-state index in [1.165, 1.54) is 7.05 Å². The molecule has 1 saturated carbocycles. The van der Waals surface area contributed by atoms with Crippen LogP contribution in [0.15, 0.2) is 0 Å². The molecule has 2 atom stereocenters. The van der Waals surface area contributed by atoms with Crippen LogP contribution in [-0.4, -0.2) is 36.3 Å². The van der Waals surface area contributed by atoms with Crippen LogP contribution in [0.3, 0.4) is 0 Å². The molecule has 0 aromatic rings. The molecule has 14 heavy (non-hydrogen) atoms. The number of hydrogen-bond donors (Lipinski definition) is 0. The summed E-state index contributed by atoms with van der Waals surface area (Å²) in [4.78, 5) is 35.1. The third-order valence-electron chi connectivity index (χ3n) is 2.81. The average molecular weight is 197 g/mol. The number of piperidine rings is 1. The lowest BCUT2D eigenvalue weighted by atomic mass is 10.2. The molecular weight excluding hydrogens is 186 g/mol. The van der Waals surface area contributed by atoms with E-state index >= 15 is 0 Å². The number of amides is 2. The zero-order chi connectivity index (χ0) is 10.5. The molecule has 0 aromatic heterocycles. The van der Waals surface area contributed by atoms with Crippen LogP contribution >= 0.6 is 0 Å². The highest BCUT2D eigenvalue weighted by Crippen LogP contribution is 2.53. The van der Waals surface area contributed by atoms with Crippen molar-refractivity contribution in [2.24, 2.45) is 17.8 Å². The van der Waals surface area contributed by atoms with Crippen molar-refractivity contribution >= 4 is 17.8 Å². The van der Waals surface area contributed by atoms with E-state index in [0.29, 0.717) is 0 Å². The molecule has 5 nitrogen and oxygen atoms in total. The third kappa shape index (κ3) is 0.981. The molecule has 2 aliphatic rings. The fourth-order valence-electron chi connectivity index (χ4n) is 2.01. The zero-order valence-electron chi connectivity index (χ0n) is 8.02. The fourth-order valence-corrected chi connectivity index (χ4v) is 2.01. The summed E-state index contributed by atoms with van der Waals surface area (Å²) in [7, 11) is 1.44. The van der Waals surface area contributed by atoms with Crippen LogP contribution in [-0.2, 0) is 19.1 Å². The Morgan fingerprint density at radius 2 is 1.86 bits per heavy atom. The summed E-state index contributed by atoms with van der Waals surface area (Å²) in [5.74, 6) is -2.31. The second-order valence-corrected chi connectivity index (χ2v) is 3.56. The van der Waals surface area contributed by atoms with E-state index in [-0.39, 0.29) is 18.4 Å². The summed E-state index contributed by atoms with van der Waals surface area (Å²) >= 11 is 0. The summed E-state index contributed by atoms with van der Waals surface area (Å²) < 4.78 is 4.77. The van der Waals surface area contributed by atoms with Gasteiger partial charge >= 0.3 is 5.97 Å². The molecule has 1 aliphatic carbocycles. The van der Waals surface area contributed by atoms with Crippen molar-refractivity contribution in [3.63, 3.8) is 0 Å². The molecule has 0 bridgehead atoms. The van der Waals surface area contributed by atoms with E-state index in [1.807, 2.05) is 0 Å². The van der Waals surface area contributed by atoms with Gasteiger partial charge in [-0.15, -0.1) is 0 Å². The quantitative estimate of drug-likeness (QED) is 0.438. The predicted molar refractivity (Wildman–Crippen MR) is 44.9 cm³/mol. The van der Waals surface area contributed by atoms with Gasteiger partial charge in [0.2, 0.25) is 11.8 Å². The summed E-state index contributed by atoms with van der Waals surface area (Å²) in [5, 5.41) is 0. The van der Waals surface area contributed by atoms with Crippen molar-refractivity contribution < 1.29 is 19.1 Å². The topological polar surface area (TPSA) is 63.7 Å². The number of ether oxygens (including phenoxy) is 1. The zero-order valence-corrected chi connectivity index (χ0v) is 8.02. The third-order valence-corrected chi connectivity index (χ3v) is 2.81. The number of imide groups is 1. The molecule has 1 saturated heterocycles. The minimum atomic E-state index is -0.508. The van der Waals surface area contributed by atoms with Gasteiger partial charge in [0.25, 0.3) is 0 Å². The normalized spacial score (nSPS) is 34.4. The first-order valence-electron chi connectivity index (χ1n) is 4.57. The van der Waals surface area contributed by atoms with Gasteiger partial charge in [0.1, 0.15) is 0 Å². The van der Waals surface area contributed by atoms with Crippen molar-refractivity contribution in [2.75, 3.05) is 13.7 Å². The molecule has 1 aliphatic heterocycles. The highest BCUT2D eigenvalue weighted by atomic mass is 16.5. The van der Waals surface area contributed by atoms with E-state index in [9.17, 15) is 14.4 Å². The van der Waals surface area contributed by atoms with Crippen LogP contribution in [0.5, 0.6) is 0 Å². The van der Waals surface area contributed by atoms with Crippen LogP contribution < -0.4 is 0 Å². The van der Waals surface area contributed by atoms with Crippen molar-refractivity contribution in [3.8, 4) is 0 Å². The van der Waals surface area contributed by atoms with E-state index in [0.717, 1.165) is 4.90 Å². The van der Waals surface area contributed by atoms with Gasteiger partial charge in [-0.3, -0.25) is 19.3 Å². The fraction of sp³-hybridized carbons (Fsp3) is 0.667. The molecule has 2 unspecified atom stereocenters. The molecule has 0 aromatic carbocycles. The summed E-state index contributed by atoms with van der Waals surface area (Å²) in [6, 6.07) is 0. The van der Waals surface area contributed by atoms with Gasteiger partial charge in [0.15, 0.2) is 0 Å². The van der Waals surface area contributed by atoms with Gasteiger partial charge in [-0.1, -0.05) is 0 Å². The van der Waals surface area contributed by atoms with E-state index < -0.39 is 23.7 Å². The van der Waals surface area contributed by atoms with Gasteiger partial charge < -0.3 is 4.74 Å². The molecule has 5 heteroatoms. The van der Waals surface area contributed by atoms with E-state index in [1.54, 1.807) is 6.92 Å². The smallest absolute Gasteiger partial charge is 0.310 e. The summed E-state index contributed by atoms with van der Waals surface area (Å²) in [5.41, 5.74) is 0. The maximum Gasteiger partial charge on any atom is 0.310 e. The number of hydrogen-bond acceptors (Lipinski definition) is 4. The van der Waals surface area contributed by atoms with Gasteiger partial charge in [-0.05, 0) is 6.92 Å². The number of rotatable bonds is 2.